The molecular formula is C22H30O3. The smallest absolute Gasteiger partial charge is 0.163 e. The highest BCUT2D eigenvalue weighted by Gasteiger charge is 2.69. The summed E-state index contributed by atoms with van der Waals surface area (Å²) < 4.78 is 12.9. The summed E-state index contributed by atoms with van der Waals surface area (Å²) in [6, 6.07) is 10.1. The molecule has 0 N–H and O–H groups in total. The van der Waals surface area contributed by atoms with Crippen molar-refractivity contribution < 1.29 is 14.3 Å². The van der Waals surface area contributed by atoms with Crippen molar-refractivity contribution in [1.82, 2.24) is 0 Å². The van der Waals surface area contributed by atoms with Gasteiger partial charge in [-0.2, -0.15) is 0 Å². The zero-order valence-corrected chi connectivity index (χ0v) is 16.0. The van der Waals surface area contributed by atoms with Crippen LogP contribution in [0.5, 0.6) is 0 Å². The molecule has 2 bridgehead atoms. The number of aldehydes is 1. The van der Waals surface area contributed by atoms with Crippen molar-refractivity contribution >= 4 is 6.29 Å². The van der Waals surface area contributed by atoms with E-state index in [9.17, 15) is 4.79 Å². The van der Waals surface area contributed by atoms with E-state index in [1.807, 2.05) is 44.2 Å². The Morgan fingerprint density at radius 1 is 1.04 bits per heavy atom. The molecule has 1 heterocycles. The first-order valence-electron chi connectivity index (χ1n) is 9.56. The third-order valence-electron chi connectivity index (χ3n) is 7.52. The van der Waals surface area contributed by atoms with Crippen LogP contribution in [0.4, 0.5) is 0 Å². The molecule has 3 heteroatoms. The Labute approximate surface area is 151 Å². The second kappa shape index (κ2) is 5.40. The van der Waals surface area contributed by atoms with Gasteiger partial charge in [-0.25, -0.2) is 0 Å². The molecule has 0 aromatic heterocycles. The molecule has 1 saturated heterocycles. The van der Waals surface area contributed by atoms with Gasteiger partial charge in [-0.3, -0.25) is 0 Å². The third kappa shape index (κ3) is 2.35. The van der Waals surface area contributed by atoms with E-state index in [4.69, 9.17) is 9.47 Å². The predicted molar refractivity (Wildman–Crippen MR) is 97.2 cm³/mol. The van der Waals surface area contributed by atoms with Crippen molar-refractivity contribution in [3.63, 3.8) is 0 Å². The summed E-state index contributed by atoms with van der Waals surface area (Å²) >= 11 is 0. The van der Waals surface area contributed by atoms with Crippen molar-refractivity contribution in [2.24, 2.45) is 22.7 Å². The lowest BCUT2D eigenvalue weighted by atomic mass is 9.38. The van der Waals surface area contributed by atoms with E-state index < -0.39 is 5.79 Å². The van der Waals surface area contributed by atoms with E-state index in [-0.39, 0.29) is 23.5 Å². The van der Waals surface area contributed by atoms with Crippen LogP contribution in [-0.2, 0) is 14.3 Å². The summed E-state index contributed by atoms with van der Waals surface area (Å²) in [5.41, 5.74) is 1.19. The van der Waals surface area contributed by atoms with Crippen LogP contribution in [-0.4, -0.2) is 24.3 Å². The van der Waals surface area contributed by atoms with E-state index >= 15 is 0 Å². The molecule has 3 aliphatic carbocycles. The molecule has 25 heavy (non-hydrogen) atoms. The molecule has 0 amide bonds. The lowest BCUT2D eigenvalue weighted by Gasteiger charge is -2.71. The number of ether oxygens (including phenoxy) is 2. The molecule has 1 aliphatic heterocycles. The molecule has 5 rings (SSSR count). The lowest BCUT2D eigenvalue weighted by molar-refractivity contribution is -0.394. The standard InChI is InChI=1S/C22H30O3/c1-20(2)15-11-17(20)22(5)18(12-15)24-21(3,4)25-19(22)16(13-23)14-9-7-6-8-10-14/h6-10,13,15-19H,11-12H2,1-5H3/t15-,16-,17-,18+,19+,22-/m0/s1. The Bertz CT molecular complexity index is 665. The van der Waals surface area contributed by atoms with E-state index in [2.05, 4.69) is 20.8 Å². The maximum atomic E-state index is 12.2. The second-order valence-electron chi connectivity index (χ2n) is 9.53. The molecule has 3 nitrogen and oxygen atoms in total. The van der Waals surface area contributed by atoms with Crippen LogP contribution in [0.25, 0.3) is 0 Å². The molecule has 1 aromatic rings. The molecule has 6 atom stereocenters. The maximum absolute atomic E-state index is 12.2. The van der Waals surface area contributed by atoms with Gasteiger partial charge in [0.25, 0.3) is 0 Å². The Morgan fingerprint density at radius 3 is 2.32 bits per heavy atom. The quantitative estimate of drug-likeness (QED) is 0.755. The fraction of sp³-hybridized carbons (Fsp3) is 0.682. The minimum Gasteiger partial charge on any atom is -0.347 e. The van der Waals surface area contributed by atoms with Gasteiger partial charge in [0.2, 0.25) is 0 Å². The summed E-state index contributed by atoms with van der Waals surface area (Å²) in [5, 5.41) is 0. The van der Waals surface area contributed by atoms with Gasteiger partial charge < -0.3 is 14.3 Å². The van der Waals surface area contributed by atoms with Gasteiger partial charge in [0.05, 0.1) is 18.1 Å². The predicted octanol–water partition coefficient (Wildman–Crippen LogP) is 4.56. The first-order valence-corrected chi connectivity index (χ1v) is 9.56. The van der Waals surface area contributed by atoms with Crippen LogP contribution in [0, 0.1) is 22.7 Å². The fourth-order valence-electron chi connectivity index (χ4n) is 6.03. The maximum Gasteiger partial charge on any atom is 0.163 e. The van der Waals surface area contributed by atoms with Crippen molar-refractivity contribution in [2.75, 3.05) is 0 Å². The van der Waals surface area contributed by atoms with E-state index in [0.717, 1.165) is 24.2 Å². The minimum absolute atomic E-state index is 0.144. The van der Waals surface area contributed by atoms with Gasteiger partial charge in [-0.05, 0) is 49.5 Å². The lowest BCUT2D eigenvalue weighted by Crippen LogP contribution is -2.72. The highest BCUT2D eigenvalue weighted by atomic mass is 16.7. The number of hydrogen-bond acceptors (Lipinski definition) is 3. The zero-order chi connectivity index (χ0) is 18.0. The number of carbonyl (C=O) groups excluding carboxylic acids is 1. The Morgan fingerprint density at radius 2 is 1.72 bits per heavy atom. The van der Waals surface area contributed by atoms with Crippen LogP contribution >= 0.6 is 0 Å². The Balaban J connectivity index is 1.79. The summed E-state index contributed by atoms with van der Waals surface area (Å²) in [4.78, 5) is 12.2. The molecule has 3 saturated carbocycles. The molecule has 0 radical (unpaired) electrons. The van der Waals surface area contributed by atoms with Crippen LogP contribution in [0.15, 0.2) is 30.3 Å². The van der Waals surface area contributed by atoms with Crippen LogP contribution in [0.2, 0.25) is 0 Å². The highest BCUT2D eigenvalue weighted by molar-refractivity contribution is 5.64. The SMILES string of the molecule is CC1(C)O[C@H]([C@@H](C=O)c2ccccc2)[C@]2(C)[C@@H](C[C@@H]3C[C@H]2C3(C)C)O1. The third-order valence-corrected chi connectivity index (χ3v) is 7.52. The van der Waals surface area contributed by atoms with Gasteiger partial charge in [0, 0.05) is 5.41 Å². The summed E-state index contributed by atoms with van der Waals surface area (Å²) in [6.45, 7) is 11.0. The van der Waals surface area contributed by atoms with Crippen molar-refractivity contribution in [3.8, 4) is 0 Å². The summed E-state index contributed by atoms with van der Waals surface area (Å²) in [5.74, 6) is 0.330. The average molecular weight is 342 g/mol. The largest absolute Gasteiger partial charge is 0.347 e. The Kier molecular flexibility index (Phi) is 3.73. The minimum atomic E-state index is -0.654. The van der Waals surface area contributed by atoms with Gasteiger partial charge in [0.15, 0.2) is 5.79 Å². The normalized spacial score (nSPS) is 42.0. The number of benzene rings is 1. The van der Waals surface area contributed by atoms with Crippen LogP contribution in [0.3, 0.4) is 0 Å². The van der Waals surface area contributed by atoms with Gasteiger partial charge >= 0.3 is 0 Å². The van der Waals surface area contributed by atoms with Crippen molar-refractivity contribution in [3.05, 3.63) is 35.9 Å². The van der Waals surface area contributed by atoms with Gasteiger partial charge in [-0.1, -0.05) is 51.1 Å². The zero-order valence-electron chi connectivity index (χ0n) is 16.0. The summed E-state index contributed by atoms with van der Waals surface area (Å²) in [7, 11) is 0. The average Bonchev–Trinajstić information content (AvgIpc) is 2.56. The molecule has 4 aliphatic rings. The van der Waals surface area contributed by atoms with Crippen LogP contribution < -0.4 is 0 Å². The van der Waals surface area contributed by atoms with Crippen molar-refractivity contribution in [1.29, 1.82) is 0 Å². The van der Waals surface area contributed by atoms with Gasteiger partial charge in [-0.15, -0.1) is 0 Å². The molecule has 136 valence electrons. The first-order chi connectivity index (χ1) is 11.7. The number of carbonyl (C=O) groups is 1. The topological polar surface area (TPSA) is 35.5 Å². The molecular weight excluding hydrogens is 312 g/mol. The summed E-state index contributed by atoms with van der Waals surface area (Å²) in [6.07, 6.45) is 3.38. The van der Waals surface area contributed by atoms with Crippen molar-refractivity contribution in [2.45, 2.75) is 71.4 Å². The molecule has 0 unspecified atom stereocenters. The Hall–Kier alpha value is -1.19. The monoisotopic (exact) mass is 342 g/mol. The second-order valence-corrected chi connectivity index (χ2v) is 9.53. The fourth-order valence-corrected chi connectivity index (χ4v) is 6.03. The number of hydrogen-bond donors (Lipinski definition) is 0. The molecule has 4 fully saturated rings. The molecule has 1 aromatic carbocycles. The highest BCUT2D eigenvalue weighted by Crippen LogP contribution is 2.70. The van der Waals surface area contributed by atoms with E-state index in [1.54, 1.807) is 0 Å². The van der Waals surface area contributed by atoms with Gasteiger partial charge in [0.1, 0.15) is 6.29 Å². The first kappa shape index (κ1) is 17.2. The van der Waals surface area contributed by atoms with Crippen LogP contribution in [0.1, 0.15) is 58.9 Å². The van der Waals surface area contributed by atoms with E-state index in [0.29, 0.717) is 11.3 Å². The van der Waals surface area contributed by atoms with E-state index in [1.165, 1.54) is 6.42 Å². The molecule has 0 spiro atoms. The number of rotatable bonds is 3.